The van der Waals surface area contributed by atoms with E-state index in [9.17, 15) is 9.59 Å². The summed E-state index contributed by atoms with van der Waals surface area (Å²) in [5.41, 5.74) is 0.781. The third-order valence-corrected chi connectivity index (χ3v) is 4.33. The van der Waals surface area contributed by atoms with Gasteiger partial charge in [0, 0.05) is 0 Å². The lowest BCUT2D eigenvalue weighted by atomic mass is 10.1. The number of esters is 1. The third kappa shape index (κ3) is 6.41. The summed E-state index contributed by atoms with van der Waals surface area (Å²) < 4.78 is 20.7. The molecule has 1 unspecified atom stereocenters. The Bertz CT molecular complexity index is 874. The number of carbonyl (C=O) groups excluding carboxylic acids is 2. The van der Waals surface area contributed by atoms with Gasteiger partial charge in [0.15, 0.2) is 6.61 Å². The number of hydrogen-bond donors (Lipinski definition) is 0. The van der Waals surface area contributed by atoms with Crippen LogP contribution in [0.25, 0.3) is 4.85 Å². The van der Waals surface area contributed by atoms with Crippen molar-refractivity contribution in [3.8, 4) is 17.2 Å². The van der Waals surface area contributed by atoms with Crippen LogP contribution in [0.15, 0.2) is 48.5 Å². The largest absolute Gasteiger partial charge is 0.497 e. The predicted molar refractivity (Wildman–Crippen MR) is 110 cm³/mol. The lowest BCUT2D eigenvalue weighted by molar-refractivity contribution is -0.141. The van der Waals surface area contributed by atoms with Crippen molar-refractivity contribution in [2.45, 2.75) is 13.0 Å². The van der Waals surface area contributed by atoms with Gasteiger partial charge in [-0.15, -0.1) is 0 Å². The predicted octanol–water partition coefficient (Wildman–Crippen LogP) is 3.73. The molecule has 8 nitrogen and oxygen atoms in total. The second-order valence-electron chi connectivity index (χ2n) is 6.22. The van der Waals surface area contributed by atoms with Crippen molar-refractivity contribution in [2.24, 2.45) is 0 Å². The standard InChI is InChI=1S/C22H24N2O6/c1-16(17-5-7-19(8-6-17)29-14-13-23-2)24(15-21(25)28-4)22(26)30-20-11-9-18(27-3)10-12-20/h5-12,16H,13-15H2,1,3-4H3. The van der Waals surface area contributed by atoms with E-state index in [1.54, 1.807) is 62.6 Å². The zero-order chi connectivity index (χ0) is 21.9. The van der Waals surface area contributed by atoms with Crippen LogP contribution in [0, 0.1) is 6.57 Å². The molecule has 0 fully saturated rings. The van der Waals surface area contributed by atoms with E-state index in [2.05, 4.69) is 4.85 Å². The van der Waals surface area contributed by atoms with Crippen molar-refractivity contribution < 1.29 is 28.5 Å². The Labute approximate surface area is 175 Å². The van der Waals surface area contributed by atoms with Crippen molar-refractivity contribution in [3.63, 3.8) is 0 Å². The Morgan fingerprint density at radius 3 is 2.17 bits per heavy atom. The van der Waals surface area contributed by atoms with E-state index in [-0.39, 0.29) is 13.1 Å². The number of ether oxygens (including phenoxy) is 4. The van der Waals surface area contributed by atoms with Crippen LogP contribution in [0.4, 0.5) is 4.79 Å². The quantitative estimate of drug-likeness (QED) is 0.355. The molecule has 0 aliphatic heterocycles. The molecule has 8 heteroatoms. The highest BCUT2D eigenvalue weighted by molar-refractivity contribution is 5.79. The molecule has 0 saturated carbocycles. The van der Waals surface area contributed by atoms with Gasteiger partial charge in [0.25, 0.3) is 0 Å². The molecule has 0 aliphatic carbocycles. The van der Waals surface area contributed by atoms with E-state index in [1.165, 1.54) is 12.0 Å². The van der Waals surface area contributed by atoms with Crippen molar-refractivity contribution in [3.05, 3.63) is 65.5 Å². The van der Waals surface area contributed by atoms with Crippen molar-refractivity contribution in [2.75, 3.05) is 33.9 Å². The van der Waals surface area contributed by atoms with Crippen LogP contribution >= 0.6 is 0 Å². The maximum Gasteiger partial charge on any atom is 0.416 e. The molecule has 0 radical (unpaired) electrons. The van der Waals surface area contributed by atoms with Gasteiger partial charge in [0.2, 0.25) is 6.54 Å². The highest BCUT2D eigenvalue weighted by Crippen LogP contribution is 2.25. The van der Waals surface area contributed by atoms with Gasteiger partial charge < -0.3 is 23.8 Å². The summed E-state index contributed by atoms with van der Waals surface area (Å²) in [6, 6.07) is 13.2. The Hall–Kier alpha value is -3.73. The molecular formula is C22H24N2O6. The molecule has 2 rings (SSSR count). The average molecular weight is 412 g/mol. The highest BCUT2D eigenvalue weighted by atomic mass is 16.6. The third-order valence-electron chi connectivity index (χ3n) is 4.33. The van der Waals surface area contributed by atoms with Gasteiger partial charge >= 0.3 is 12.1 Å². The average Bonchev–Trinajstić information content (AvgIpc) is 2.78. The van der Waals surface area contributed by atoms with Gasteiger partial charge in [-0.25, -0.2) is 11.4 Å². The molecule has 2 aromatic carbocycles. The Morgan fingerprint density at radius 2 is 1.60 bits per heavy atom. The van der Waals surface area contributed by atoms with Crippen molar-refractivity contribution in [1.82, 2.24) is 4.90 Å². The minimum absolute atomic E-state index is 0.268. The lowest BCUT2D eigenvalue weighted by Crippen LogP contribution is -2.40. The maximum atomic E-state index is 12.8. The second-order valence-corrected chi connectivity index (χ2v) is 6.22. The molecule has 0 aliphatic rings. The van der Waals surface area contributed by atoms with Crippen molar-refractivity contribution >= 4 is 12.1 Å². The number of amides is 1. The molecule has 0 aromatic heterocycles. The molecular weight excluding hydrogens is 388 g/mol. The number of rotatable bonds is 9. The van der Waals surface area contributed by atoms with Gasteiger partial charge in [-0.3, -0.25) is 9.69 Å². The minimum atomic E-state index is -0.685. The number of nitrogens with zero attached hydrogens (tertiary/aromatic N) is 2. The molecule has 0 N–H and O–H groups in total. The molecule has 1 atom stereocenters. The minimum Gasteiger partial charge on any atom is -0.497 e. The monoisotopic (exact) mass is 412 g/mol. The lowest BCUT2D eigenvalue weighted by Gasteiger charge is -2.27. The fraction of sp³-hybridized carbons (Fsp3) is 0.318. The summed E-state index contributed by atoms with van der Waals surface area (Å²) in [6.45, 7) is 8.87. The summed E-state index contributed by atoms with van der Waals surface area (Å²) in [4.78, 5) is 29.2. The smallest absolute Gasteiger partial charge is 0.416 e. The molecule has 0 bridgehead atoms. The summed E-state index contributed by atoms with van der Waals surface area (Å²) >= 11 is 0. The van der Waals surface area contributed by atoms with Crippen molar-refractivity contribution in [1.29, 1.82) is 0 Å². The van der Waals surface area contributed by atoms with E-state index in [4.69, 9.17) is 25.5 Å². The molecule has 1 amide bonds. The number of carbonyl (C=O) groups is 2. The van der Waals surface area contributed by atoms with Crippen LogP contribution in [0.3, 0.4) is 0 Å². The van der Waals surface area contributed by atoms with E-state index in [0.29, 0.717) is 23.9 Å². The molecule has 0 heterocycles. The fourth-order valence-electron chi connectivity index (χ4n) is 2.60. The Balaban J connectivity index is 2.14. The molecule has 0 spiro atoms. The summed E-state index contributed by atoms with van der Waals surface area (Å²) in [5, 5.41) is 0. The first kappa shape index (κ1) is 22.6. The molecule has 158 valence electrons. The first-order valence-electron chi connectivity index (χ1n) is 9.23. The number of benzene rings is 2. The van der Waals surface area contributed by atoms with Gasteiger partial charge in [-0.05, 0) is 48.9 Å². The van der Waals surface area contributed by atoms with Gasteiger partial charge in [0.05, 0.1) is 20.3 Å². The maximum absolute atomic E-state index is 12.8. The summed E-state index contributed by atoms with van der Waals surface area (Å²) in [5.74, 6) is 1.02. The topological polar surface area (TPSA) is 78.7 Å². The van der Waals surface area contributed by atoms with Crippen LogP contribution in [0.5, 0.6) is 17.2 Å². The molecule has 30 heavy (non-hydrogen) atoms. The van der Waals surface area contributed by atoms with E-state index >= 15 is 0 Å². The Kier molecular flexibility index (Phi) is 8.51. The Morgan fingerprint density at radius 1 is 1.00 bits per heavy atom. The van der Waals surface area contributed by atoms with Gasteiger partial charge in [-0.1, -0.05) is 12.1 Å². The van der Waals surface area contributed by atoms with E-state index in [1.807, 2.05) is 0 Å². The van der Waals surface area contributed by atoms with Crippen LogP contribution in [0.2, 0.25) is 0 Å². The molecule has 2 aromatic rings. The summed E-state index contributed by atoms with van der Waals surface area (Å²) in [7, 11) is 2.80. The van der Waals surface area contributed by atoms with Gasteiger partial charge in [0.1, 0.15) is 23.8 Å². The van der Waals surface area contributed by atoms with Crippen LogP contribution < -0.4 is 14.2 Å². The normalized spacial score (nSPS) is 11.0. The van der Waals surface area contributed by atoms with E-state index < -0.39 is 18.1 Å². The first-order chi connectivity index (χ1) is 14.5. The SMILES string of the molecule is [C-]#[N+]CCOc1ccc(C(C)N(CC(=O)OC)C(=O)Oc2ccc(OC)cc2)cc1. The zero-order valence-electron chi connectivity index (χ0n) is 17.2. The summed E-state index contributed by atoms with van der Waals surface area (Å²) in [6.07, 6.45) is -0.685. The second kappa shape index (κ2) is 11.3. The number of methoxy groups -OCH3 is 2. The first-order valence-corrected chi connectivity index (χ1v) is 9.23. The number of hydrogen-bond acceptors (Lipinski definition) is 6. The zero-order valence-corrected chi connectivity index (χ0v) is 17.2. The van der Waals surface area contributed by atoms with Crippen LogP contribution in [-0.2, 0) is 9.53 Å². The molecule has 0 saturated heterocycles. The van der Waals surface area contributed by atoms with Crippen LogP contribution in [-0.4, -0.2) is 50.9 Å². The van der Waals surface area contributed by atoms with Crippen LogP contribution in [0.1, 0.15) is 18.5 Å². The fourth-order valence-corrected chi connectivity index (χ4v) is 2.60. The van der Waals surface area contributed by atoms with Gasteiger partial charge in [-0.2, -0.15) is 0 Å². The van der Waals surface area contributed by atoms with E-state index in [0.717, 1.165) is 5.56 Å². The highest BCUT2D eigenvalue weighted by Gasteiger charge is 2.26.